The Morgan fingerprint density at radius 1 is 1.30 bits per heavy atom. The number of nitrogens with zero attached hydrogens (tertiary/aromatic N) is 3. The average molecular weight is 467 g/mol. The quantitative estimate of drug-likeness (QED) is 0.414. The zero-order valence-electron chi connectivity index (χ0n) is 16.3. The molecule has 1 aliphatic carbocycles. The second-order valence-corrected chi connectivity index (χ2v) is 8.25. The first kappa shape index (κ1) is 19.0. The Morgan fingerprint density at radius 3 is 3.03 bits per heavy atom. The van der Waals surface area contributed by atoms with Gasteiger partial charge in [-0.15, -0.1) is 0 Å². The number of hydrogen-bond acceptors (Lipinski definition) is 6. The van der Waals surface area contributed by atoms with E-state index in [4.69, 9.17) is 9.26 Å². The first-order valence-electron chi connectivity index (χ1n) is 9.87. The molecule has 3 heterocycles. The van der Waals surface area contributed by atoms with Gasteiger partial charge in [0.1, 0.15) is 0 Å². The molecule has 0 bridgehead atoms. The summed E-state index contributed by atoms with van der Waals surface area (Å²) >= 11 is 3.41. The number of pyridine rings is 1. The van der Waals surface area contributed by atoms with E-state index in [0.29, 0.717) is 24.7 Å². The van der Waals surface area contributed by atoms with Gasteiger partial charge in [0.15, 0.2) is 0 Å². The van der Waals surface area contributed by atoms with Gasteiger partial charge >= 0.3 is 5.97 Å². The Balaban J connectivity index is 1.46. The third-order valence-electron chi connectivity index (χ3n) is 5.44. The number of aryl methyl sites for hydroxylation is 1. The van der Waals surface area contributed by atoms with E-state index in [1.54, 1.807) is 12.4 Å². The lowest BCUT2D eigenvalue weighted by atomic mass is 10.0. The van der Waals surface area contributed by atoms with Crippen molar-refractivity contribution in [1.82, 2.24) is 20.1 Å². The van der Waals surface area contributed by atoms with Gasteiger partial charge in [0, 0.05) is 44.9 Å². The number of aromatic nitrogens is 4. The second kappa shape index (κ2) is 7.68. The largest absolute Gasteiger partial charge is 0.466 e. The van der Waals surface area contributed by atoms with Crippen LogP contribution in [0.2, 0.25) is 0 Å². The van der Waals surface area contributed by atoms with E-state index >= 15 is 0 Å². The number of nitrogens with one attached hydrogen (secondary N) is 1. The lowest BCUT2D eigenvalue weighted by Gasteiger charge is -2.08. The van der Waals surface area contributed by atoms with Crippen molar-refractivity contribution in [3.05, 3.63) is 52.4 Å². The van der Waals surface area contributed by atoms with Crippen LogP contribution in [-0.2, 0) is 16.0 Å². The zero-order valence-corrected chi connectivity index (χ0v) is 17.9. The molecule has 1 aromatic carbocycles. The van der Waals surface area contributed by atoms with Gasteiger partial charge in [-0.05, 0) is 65.5 Å². The molecule has 1 aliphatic rings. The molecule has 0 saturated carbocycles. The molecular weight excluding hydrogens is 448 g/mol. The highest BCUT2D eigenvalue weighted by Crippen LogP contribution is 2.40. The van der Waals surface area contributed by atoms with Gasteiger partial charge in [-0.1, -0.05) is 5.16 Å². The van der Waals surface area contributed by atoms with Crippen molar-refractivity contribution in [2.45, 2.75) is 32.1 Å². The molecule has 1 unspecified atom stereocenters. The minimum absolute atomic E-state index is 0.143. The molecule has 152 valence electrons. The van der Waals surface area contributed by atoms with E-state index in [0.717, 1.165) is 45.0 Å². The Morgan fingerprint density at radius 2 is 2.20 bits per heavy atom. The summed E-state index contributed by atoms with van der Waals surface area (Å²) < 4.78 is 11.4. The van der Waals surface area contributed by atoms with Gasteiger partial charge in [-0.3, -0.25) is 9.78 Å². The fourth-order valence-electron chi connectivity index (χ4n) is 4.10. The van der Waals surface area contributed by atoms with Crippen molar-refractivity contribution in [1.29, 1.82) is 0 Å². The van der Waals surface area contributed by atoms with Crippen LogP contribution in [0.15, 0.2) is 45.7 Å². The van der Waals surface area contributed by atoms with Gasteiger partial charge in [-0.25, -0.2) is 0 Å². The molecule has 0 spiro atoms. The monoisotopic (exact) mass is 466 g/mol. The van der Waals surface area contributed by atoms with Gasteiger partial charge in [0.25, 0.3) is 5.89 Å². The number of halogens is 1. The van der Waals surface area contributed by atoms with E-state index in [-0.39, 0.29) is 11.9 Å². The fraction of sp³-hybridized carbons (Fsp3) is 0.273. The zero-order chi connectivity index (χ0) is 20.7. The second-order valence-electron chi connectivity index (χ2n) is 7.34. The highest BCUT2D eigenvalue weighted by molar-refractivity contribution is 9.10. The van der Waals surface area contributed by atoms with Crippen molar-refractivity contribution in [2.24, 2.45) is 0 Å². The van der Waals surface area contributed by atoms with Crippen LogP contribution in [0.4, 0.5) is 0 Å². The molecule has 8 heteroatoms. The molecule has 4 aromatic rings. The smallest absolute Gasteiger partial charge is 0.306 e. The predicted molar refractivity (Wildman–Crippen MR) is 115 cm³/mol. The molecule has 0 fully saturated rings. The lowest BCUT2D eigenvalue weighted by Crippen LogP contribution is -2.08. The van der Waals surface area contributed by atoms with Crippen molar-refractivity contribution in [3.63, 3.8) is 0 Å². The number of carbonyl (C=O) groups excluding carboxylic acids is 1. The predicted octanol–water partition coefficient (Wildman–Crippen LogP) is 5.03. The van der Waals surface area contributed by atoms with Crippen molar-refractivity contribution < 1.29 is 14.1 Å². The van der Waals surface area contributed by atoms with Gasteiger partial charge in [0.2, 0.25) is 5.82 Å². The van der Waals surface area contributed by atoms with Crippen LogP contribution in [0.5, 0.6) is 0 Å². The number of ether oxygens (including phenoxy) is 1. The lowest BCUT2D eigenvalue weighted by molar-refractivity contribution is -0.143. The van der Waals surface area contributed by atoms with Crippen LogP contribution in [0.25, 0.3) is 33.7 Å². The minimum Gasteiger partial charge on any atom is -0.466 e. The van der Waals surface area contributed by atoms with Crippen LogP contribution in [0.1, 0.15) is 36.9 Å². The summed E-state index contributed by atoms with van der Waals surface area (Å²) in [6.07, 6.45) is 5.69. The van der Waals surface area contributed by atoms with Crippen molar-refractivity contribution in [2.75, 3.05) is 6.61 Å². The third-order valence-corrected chi connectivity index (χ3v) is 5.88. The van der Waals surface area contributed by atoms with Gasteiger partial charge in [-0.2, -0.15) is 4.98 Å². The Bertz CT molecular complexity index is 1250. The molecule has 0 aliphatic heterocycles. The Kier molecular flexibility index (Phi) is 4.86. The normalized spacial score (nSPS) is 15.5. The number of benzene rings is 1. The summed E-state index contributed by atoms with van der Waals surface area (Å²) in [5.41, 5.74) is 5.10. The number of aromatic amines is 1. The number of carbonyl (C=O) groups is 1. The van der Waals surface area contributed by atoms with Crippen LogP contribution in [0.3, 0.4) is 0 Å². The Hall–Kier alpha value is -3.00. The summed E-state index contributed by atoms with van der Waals surface area (Å²) in [5.74, 6) is 0.988. The average Bonchev–Trinajstić information content (AvgIpc) is 3.44. The molecule has 1 N–H and O–H groups in total. The standard InChI is InChI=1S/C22H19BrN4O3/c1-2-29-19(28)9-12-3-5-16-17-8-13(4-6-18(17)25-20(12)16)21-26-22(30-27-21)14-7-15(23)11-24-10-14/h4,6-8,10-12,25H,2-3,5,9H2,1H3. The SMILES string of the molecule is CCOC(=O)CC1CCc2c1[nH]c1ccc(-c3noc(-c4cncc(Br)c4)n3)cc21. The topological polar surface area (TPSA) is 93.9 Å². The van der Waals surface area contributed by atoms with E-state index in [9.17, 15) is 4.79 Å². The molecular formula is C22H19BrN4O3. The van der Waals surface area contributed by atoms with Crippen molar-refractivity contribution in [3.8, 4) is 22.8 Å². The van der Waals surface area contributed by atoms with Gasteiger partial charge < -0.3 is 14.2 Å². The van der Waals surface area contributed by atoms with E-state index in [1.165, 1.54) is 5.56 Å². The first-order valence-corrected chi connectivity index (χ1v) is 10.7. The molecule has 0 amide bonds. The third kappa shape index (κ3) is 3.41. The molecule has 5 rings (SSSR count). The van der Waals surface area contributed by atoms with Gasteiger partial charge in [0.05, 0.1) is 18.6 Å². The summed E-state index contributed by atoms with van der Waals surface area (Å²) in [6.45, 7) is 2.25. The molecule has 3 aromatic heterocycles. The molecule has 1 atom stereocenters. The van der Waals surface area contributed by atoms with E-state index in [2.05, 4.69) is 42.1 Å². The highest BCUT2D eigenvalue weighted by atomic mass is 79.9. The number of rotatable bonds is 5. The van der Waals surface area contributed by atoms with Crippen LogP contribution >= 0.6 is 15.9 Å². The maximum Gasteiger partial charge on any atom is 0.306 e. The van der Waals surface area contributed by atoms with Crippen LogP contribution in [0, 0.1) is 0 Å². The summed E-state index contributed by atoms with van der Waals surface area (Å²) in [4.78, 5) is 24.1. The molecule has 7 nitrogen and oxygen atoms in total. The minimum atomic E-state index is -0.143. The summed E-state index contributed by atoms with van der Waals surface area (Å²) in [5, 5.41) is 5.29. The first-order chi connectivity index (χ1) is 14.6. The molecule has 30 heavy (non-hydrogen) atoms. The maximum absolute atomic E-state index is 11.9. The van der Waals surface area contributed by atoms with E-state index < -0.39 is 0 Å². The Labute approximate surface area is 181 Å². The number of H-pyrrole nitrogens is 1. The van der Waals surface area contributed by atoms with E-state index in [1.807, 2.05) is 25.1 Å². The molecule has 0 saturated heterocycles. The van der Waals surface area contributed by atoms with Crippen LogP contribution in [-0.4, -0.2) is 32.7 Å². The van der Waals surface area contributed by atoms with Crippen LogP contribution < -0.4 is 0 Å². The maximum atomic E-state index is 11.9. The number of esters is 1. The number of hydrogen-bond donors (Lipinski definition) is 1. The summed E-state index contributed by atoms with van der Waals surface area (Å²) in [6, 6.07) is 7.98. The summed E-state index contributed by atoms with van der Waals surface area (Å²) in [7, 11) is 0. The van der Waals surface area contributed by atoms with Crippen molar-refractivity contribution >= 4 is 32.8 Å². The highest BCUT2D eigenvalue weighted by Gasteiger charge is 2.29. The molecule has 0 radical (unpaired) electrons. The fourth-order valence-corrected chi connectivity index (χ4v) is 4.47. The number of fused-ring (bicyclic) bond motifs is 3.